The molecule has 2 saturated heterocycles. The number of benzene rings is 1. The summed E-state index contributed by atoms with van der Waals surface area (Å²) in [5.41, 5.74) is 3.05. The van der Waals surface area contributed by atoms with Crippen LogP contribution in [-0.4, -0.2) is 25.8 Å². The lowest BCUT2D eigenvalue weighted by Gasteiger charge is -2.58. The van der Waals surface area contributed by atoms with Crippen LogP contribution in [0, 0.1) is 18.3 Å². The Morgan fingerprint density at radius 2 is 1.75 bits per heavy atom. The summed E-state index contributed by atoms with van der Waals surface area (Å²) < 4.78 is 26.9. The first-order valence-electron chi connectivity index (χ1n) is 6.72. The van der Waals surface area contributed by atoms with Crippen LogP contribution in [0.4, 0.5) is 0 Å². The summed E-state index contributed by atoms with van der Waals surface area (Å²) in [5.74, 6) is 0.119. The summed E-state index contributed by atoms with van der Waals surface area (Å²) in [6, 6.07) is 7.02. The molecule has 0 radical (unpaired) electrons. The summed E-state index contributed by atoms with van der Waals surface area (Å²) >= 11 is 0. The van der Waals surface area contributed by atoms with Gasteiger partial charge in [0.05, 0.1) is 4.90 Å². The molecule has 1 aliphatic carbocycles. The standard InChI is InChI=1S/C16H19NO2S/c1-11-5-7-14(8-6-11)20(18,19)17-9-15-12(2)16(4,10-17)13(15)3/h5-8,15H,2-3,9-10H2,1,4H3. The van der Waals surface area contributed by atoms with Gasteiger partial charge in [-0.25, -0.2) is 8.42 Å². The van der Waals surface area contributed by atoms with Crippen molar-refractivity contribution in [3.8, 4) is 0 Å². The summed E-state index contributed by atoms with van der Waals surface area (Å²) in [4.78, 5) is 0.365. The average molecular weight is 289 g/mol. The maximum Gasteiger partial charge on any atom is 0.243 e. The van der Waals surface area contributed by atoms with E-state index in [0.29, 0.717) is 18.0 Å². The molecule has 2 heterocycles. The van der Waals surface area contributed by atoms with Crippen molar-refractivity contribution >= 4 is 10.0 Å². The molecule has 0 unspecified atom stereocenters. The monoisotopic (exact) mass is 289 g/mol. The Morgan fingerprint density at radius 3 is 2.25 bits per heavy atom. The van der Waals surface area contributed by atoms with E-state index in [1.807, 2.05) is 26.0 Å². The van der Waals surface area contributed by atoms with Gasteiger partial charge in [-0.15, -0.1) is 0 Å². The van der Waals surface area contributed by atoms with Crippen molar-refractivity contribution in [3.63, 3.8) is 0 Å². The van der Waals surface area contributed by atoms with Gasteiger partial charge in [0.15, 0.2) is 0 Å². The van der Waals surface area contributed by atoms with E-state index in [1.54, 1.807) is 16.4 Å². The minimum atomic E-state index is -3.42. The van der Waals surface area contributed by atoms with E-state index in [1.165, 1.54) is 0 Å². The minimum Gasteiger partial charge on any atom is -0.207 e. The number of aryl methyl sites for hydroxylation is 1. The molecule has 106 valence electrons. The van der Waals surface area contributed by atoms with Crippen molar-refractivity contribution in [1.82, 2.24) is 4.31 Å². The average Bonchev–Trinajstić information content (AvgIpc) is 2.42. The van der Waals surface area contributed by atoms with Crippen LogP contribution in [-0.2, 0) is 10.0 Å². The lowest BCUT2D eigenvalue weighted by molar-refractivity contribution is 0.154. The molecule has 0 spiro atoms. The maximum absolute atomic E-state index is 12.7. The van der Waals surface area contributed by atoms with Gasteiger partial charge >= 0.3 is 0 Å². The Labute approximate surface area is 120 Å². The van der Waals surface area contributed by atoms with Crippen LogP contribution in [0.2, 0.25) is 0 Å². The number of nitrogens with zero attached hydrogens (tertiary/aromatic N) is 1. The van der Waals surface area contributed by atoms with E-state index in [9.17, 15) is 8.42 Å². The van der Waals surface area contributed by atoms with Crippen LogP contribution in [0.15, 0.2) is 53.5 Å². The maximum atomic E-state index is 12.7. The number of fused-ring (bicyclic) bond motifs is 2. The normalized spacial score (nSPS) is 30.2. The highest BCUT2D eigenvalue weighted by atomic mass is 32.2. The topological polar surface area (TPSA) is 37.4 Å². The number of piperidine rings is 2. The third-order valence-electron chi connectivity index (χ3n) is 4.80. The van der Waals surface area contributed by atoms with Gasteiger partial charge in [-0.05, 0) is 19.1 Å². The predicted molar refractivity (Wildman–Crippen MR) is 79.8 cm³/mol. The van der Waals surface area contributed by atoms with E-state index in [4.69, 9.17) is 0 Å². The molecular weight excluding hydrogens is 270 g/mol. The van der Waals surface area contributed by atoms with Crippen LogP contribution in [0.1, 0.15) is 12.5 Å². The molecule has 1 saturated carbocycles. The molecule has 0 aromatic heterocycles. The fraction of sp³-hybridized carbons (Fsp3) is 0.375. The molecule has 3 fully saturated rings. The summed E-state index contributed by atoms with van der Waals surface area (Å²) in [5, 5.41) is 0. The SMILES string of the molecule is C=C1C2CN(S(=O)(=O)c3ccc(C)cc3)CC1(C)C2=C. The molecule has 1 aromatic rings. The van der Waals surface area contributed by atoms with E-state index in [-0.39, 0.29) is 11.3 Å². The largest absolute Gasteiger partial charge is 0.243 e. The molecule has 3 nitrogen and oxygen atoms in total. The molecule has 4 heteroatoms. The van der Waals surface area contributed by atoms with E-state index < -0.39 is 10.0 Å². The molecule has 0 N–H and O–H groups in total. The highest BCUT2D eigenvalue weighted by molar-refractivity contribution is 7.89. The third-order valence-corrected chi connectivity index (χ3v) is 6.62. The number of sulfonamides is 1. The Morgan fingerprint density at radius 1 is 1.20 bits per heavy atom. The number of hydrogen-bond acceptors (Lipinski definition) is 2. The Bertz CT molecular complexity index is 684. The van der Waals surface area contributed by atoms with Crippen LogP contribution in [0.25, 0.3) is 0 Å². The molecule has 1 aromatic carbocycles. The quantitative estimate of drug-likeness (QED) is 0.785. The molecule has 0 amide bonds. The van der Waals surface area contributed by atoms with Gasteiger partial charge in [-0.2, -0.15) is 4.31 Å². The van der Waals surface area contributed by atoms with Gasteiger partial charge < -0.3 is 0 Å². The van der Waals surface area contributed by atoms with Crippen molar-refractivity contribution in [2.24, 2.45) is 11.3 Å². The molecule has 2 bridgehead atoms. The van der Waals surface area contributed by atoms with Crippen molar-refractivity contribution in [2.45, 2.75) is 18.7 Å². The second kappa shape index (κ2) is 4.06. The highest BCUT2D eigenvalue weighted by Gasteiger charge is 2.55. The van der Waals surface area contributed by atoms with Gasteiger partial charge in [0.25, 0.3) is 0 Å². The van der Waals surface area contributed by atoms with Crippen LogP contribution in [0.3, 0.4) is 0 Å². The van der Waals surface area contributed by atoms with Gasteiger partial charge in [0, 0.05) is 24.4 Å². The summed E-state index contributed by atoms with van der Waals surface area (Å²) in [6.45, 7) is 13.1. The Hall–Kier alpha value is -1.39. The molecule has 20 heavy (non-hydrogen) atoms. The van der Waals surface area contributed by atoms with Crippen LogP contribution in [0.5, 0.6) is 0 Å². The molecule has 3 aliphatic rings. The second-order valence-corrected chi connectivity index (χ2v) is 7.98. The van der Waals surface area contributed by atoms with Gasteiger partial charge in [-0.1, -0.05) is 48.9 Å². The summed E-state index contributed by atoms with van der Waals surface area (Å²) in [7, 11) is -3.42. The third kappa shape index (κ3) is 1.64. The zero-order valence-corrected chi connectivity index (χ0v) is 12.7. The predicted octanol–water partition coefficient (Wildman–Crippen LogP) is 2.75. The highest BCUT2D eigenvalue weighted by Crippen LogP contribution is 2.58. The number of hydrogen-bond donors (Lipinski definition) is 0. The van der Waals surface area contributed by atoms with E-state index in [0.717, 1.165) is 16.7 Å². The molecular formula is C16H19NO2S. The first-order chi connectivity index (χ1) is 9.26. The van der Waals surface area contributed by atoms with Crippen LogP contribution >= 0.6 is 0 Å². The first kappa shape index (κ1) is 13.6. The van der Waals surface area contributed by atoms with Crippen molar-refractivity contribution in [3.05, 3.63) is 54.1 Å². The van der Waals surface area contributed by atoms with Crippen molar-refractivity contribution in [1.29, 1.82) is 0 Å². The Balaban J connectivity index is 1.93. The lowest BCUT2D eigenvalue weighted by Crippen LogP contribution is -2.59. The minimum absolute atomic E-state index is 0.119. The lowest BCUT2D eigenvalue weighted by atomic mass is 9.54. The Kier molecular flexibility index (Phi) is 2.76. The smallest absolute Gasteiger partial charge is 0.207 e. The number of rotatable bonds is 2. The van der Waals surface area contributed by atoms with Crippen LogP contribution < -0.4 is 0 Å². The van der Waals surface area contributed by atoms with E-state index >= 15 is 0 Å². The summed E-state index contributed by atoms with van der Waals surface area (Å²) in [6.07, 6.45) is 0. The van der Waals surface area contributed by atoms with Gasteiger partial charge in [0.2, 0.25) is 10.0 Å². The van der Waals surface area contributed by atoms with E-state index in [2.05, 4.69) is 13.2 Å². The molecule has 0 atom stereocenters. The molecule has 2 aliphatic heterocycles. The fourth-order valence-electron chi connectivity index (χ4n) is 3.19. The fourth-order valence-corrected chi connectivity index (χ4v) is 4.75. The zero-order valence-electron chi connectivity index (χ0n) is 11.9. The first-order valence-corrected chi connectivity index (χ1v) is 8.16. The van der Waals surface area contributed by atoms with Crippen molar-refractivity contribution in [2.75, 3.05) is 13.1 Å². The zero-order chi connectivity index (χ0) is 14.7. The van der Waals surface area contributed by atoms with Gasteiger partial charge in [-0.3, -0.25) is 0 Å². The second-order valence-electron chi connectivity index (χ2n) is 6.05. The van der Waals surface area contributed by atoms with Crippen molar-refractivity contribution < 1.29 is 8.42 Å². The van der Waals surface area contributed by atoms with Gasteiger partial charge in [0.1, 0.15) is 0 Å². The molecule has 4 rings (SSSR count).